The van der Waals surface area contributed by atoms with E-state index in [0.717, 1.165) is 12.8 Å². The van der Waals surface area contributed by atoms with E-state index in [9.17, 15) is 33.2 Å². The maximum Gasteiger partial charge on any atom is 0.391 e. The van der Waals surface area contributed by atoms with E-state index < -0.39 is 34.9 Å². The number of amides is 1. The maximum absolute atomic E-state index is 13.1. The van der Waals surface area contributed by atoms with Crippen LogP contribution in [0.2, 0.25) is 0 Å². The summed E-state index contributed by atoms with van der Waals surface area (Å²) in [6.07, 6.45) is -2.68. The van der Waals surface area contributed by atoms with Crippen LogP contribution < -0.4 is 10.2 Å². The molecule has 2 atom stereocenters. The van der Waals surface area contributed by atoms with Gasteiger partial charge in [-0.1, -0.05) is 6.92 Å². The summed E-state index contributed by atoms with van der Waals surface area (Å²) < 4.78 is 39.3. The van der Waals surface area contributed by atoms with Crippen LogP contribution >= 0.6 is 0 Å². The van der Waals surface area contributed by atoms with Crippen LogP contribution in [-0.4, -0.2) is 47.3 Å². The fourth-order valence-electron chi connectivity index (χ4n) is 4.46. The van der Waals surface area contributed by atoms with E-state index >= 15 is 0 Å². The Kier molecular flexibility index (Phi) is 6.78. The third kappa shape index (κ3) is 5.66. The number of nitro groups is 1. The van der Waals surface area contributed by atoms with Crippen molar-refractivity contribution in [2.24, 2.45) is 11.8 Å². The van der Waals surface area contributed by atoms with Gasteiger partial charge in [-0.3, -0.25) is 14.9 Å². The van der Waals surface area contributed by atoms with Gasteiger partial charge in [-0.15, -0.1) is 0 Å². The Morgan fingerprint density at radius 1 is 1.32 bits per heavy atom. The molecular weight excluding hydrogens is 415 g/mol. The summed E-state index contributed by atoms with van der Waals surface area (Å²) in [5.41, 5.74) is -1.25. The van der Waals surface area contributed by atoms with Crippen molar-refractivity contribution in [3.63, 3.8) is 0 Å². The molecule has 10 heteroatoms. The molecule has 0 aromatic heterocycles. The molecule has 1 heterocycles. The van der Waals surface area contributed by atoms with Crippen LogP contribution in [0.15, 0.2) is 18.2 Å². The normalized spacial score (nSPS) is 25.3. The number of halogens is 3. The number of piperidine rings is 1. The van der Waals surface area contributed by atoms with Gasteiger partial charge in [0.05, 0.1) is 27.7 Å². The summed E-state index contributed by atoms with van der Waals surface area (Å²) >= 11 is 0. The van der Waals surface area contributed by atoms with Gasteiger partial charge < -0.3 is 15.3 Å². The predicted octanol–water partition coefficient (Wildman–Crippen LogP) is 4.04. The number of rotatable bonds is 5. The van der Waals surface area contributed by atoms with Crippen LogP contribution in [0.5, 0.6) is 0 Å². The Labute approximate surface area is 178 Å². The van der Waals surface area contributed by atoms with Crippen molar-refractivity contribution >= 4 is 17.3 Å². The van der Waals surface area contributed by atoms with Crippen molar-refractivity contribution in [3.8, 4) is 0 Å². The van der Waals surface area contributed by atoms with Crippen molar-refractivity contribution in [2.45, 2.75) is 57.2 Å². The number of benzene rings is 1. The molecular formula is C21H28F3N3O4. The fourth-order valence-corrected chi connectivity index (χ4v) is 4.46. The average Bonchev–Trinajstić information content (AvgIpc) is 2.71. The number of aliphatic hydroxyl groups is 1. The zero-order valence-corrected chi connectivity index (χ0v) is 17.5. The summed E-state index contributed by atoms with van der Waals surface area (Å²) in [4.78, 5) is 25.5. The number of carbonyl (C=O) groups excluding carboxylic acids is 1. The van der Waals surface area contributed by atoms with Crippen LogP contribution in [0.1, 0.15) is 55.8 Å². The van der Waals surface area contributed by atoms with E-state index in [1.54, 1.807) is 0 Å². The molecule has 2 fully saturated rings. The standard InChI is InChI=1S/C21H28F3N3O4/c1-14-6-9-26(10-7-14)18-5-4-16(27(30)31)11-17(18)19(28)25-13-20(29)8-2-3-15(12-20)21(22,23)24/h4-5,11,14-15,29H,2-3,6-10,12-13H2,1H3,(H,25,28). The van der Waals surface area contributed by atoms with E-state index in [1.807, 2.05) is 4.90 Å². The Hall–Kier alpha value is -2.36. The number of hydrogen-bond acceptors (Lipinski definition) is 5. The third-order valence-electron chi connectivity index (χ3n) is 6.42. The van der Waals surface area contributed by atoms with Gasteiger partial charge >= 0.3 is 6.18 Å². The molecule has 2 unspecified atom stereocenters. The van der Waals surface area contributed by atoms with Crippen LogP contribution in [0, 0.1) is 22.0 Å². The van der Waals surface area contributed by atoms with Gasteiger partial charge in [-0.25, -0.2) is 0 Å². The molecule has 1 aliphatic heterocycles. The Morgan fingerprint density at radius 3 is 2.61 bits per heavy atom. The molecule has 2 N–H and O–H groups in total. The first kappa shape index (κ1) is 23.3. The number of nitro benzene ring substituents is 1. The summed E-state index contributed by atoms with van der Waals surface area (Å²) in [6, 6.07) is 4.07. The lowest BCUT2D eigenvalue weighted by Gasteiger charge is -2.37. The van der Waals surface area contributed by atoms with Gasteiger partial charge in [0, 0.05) is 31.8 Å². The highest BCUT2D eigenvalue weighted by atomic mass is 19.4. The smallest absolute Gasteiger partial charge is 0.388 e. The number of nitrogens with zero attached hydrogens (tertiary/aromatic N) is 2. The van der Waals surface area contributed by atoms with Gasteiger partial charge in [0.1, 0.15) is 0 Å². The van der Waals surface area contributed by atoms with E-state index in [1.165, 1.54) is 18.2 Å². The Morgan fingerprint density at radius 2 is 2.00 bits per heavy atom. The monoisotopic (exact) mass is 443 g/mol. The van der Waals surface area contributed by atoms with Gasteiger partial charge in [-0.05, 0) is 50.5 Å². The first-order valence-electron chi connectivity index (χ1n) is 10.6. The lowest BCUT2D eigenvalue weighted by Crippen LogP contribution is -2.48. The summed E-state index contributed by atoms with van der Waals surface area (Å²) in [7, 11) is 0. The highest BCUT2D eigenvalue weighted by Crippen LogP contribution is 2.41. The molecule has 3 rings (SSSR count). The second-order valence-corrected chi connectivity index (χ2v) is 8.87. The number of non-ortho nitro benzene ring substituents is 1. The van der Waals surface area contributed by atoms with Crippen molar-refractivity contribution in [2.75, 3.05) is 24.5 Å². The average molecular weight is 443 g/mol. The molecule has 1 amide bonds. The SMILES string of the molecule is CC1CCN(c2ccc([N+](=O)[O-])cc2C(=O)NCC2(O)CCCC(C(F)(F)F)C2)CC1. The molecule has 1 aromatic rings. The van der Waals surface area contributed by atoms with Crippen LogP contribution in [0.4, 0.5) is 24.5 Å². The van der Waals surface area contributed by atoms with Crippen molar-refractivity contribution in [1.82, 2.24) is 5.32 Å². The minimum atomic E-state index is -4.39. The zero-order valence-electron chi connectivity index (χ0n) is 17.5. The predicted molar refractivity (Wildman–Crippen MR) is 109 cm³/mol. The number of nitrogens with one attached hydrogen (secondary N) is 1. The Bertz CT molecular complexity index is 825. The van der Waals surface area contributed by atoms with E-state index in [4.69, 9.17) is 0 Å². The van der Waals surface area contributed by atoms with Crippen LogP contribution in [-0.2, 0) is 0 Å². The number of hydrogen-bond donors (Lipinski definition) is 2. The fraction of sp³-hybridized carbons (Fsp3) is 0.667. The number of alkyl halides is 3. The molecule has 1 saturated heterocycles. The molecule has 0 radical (unpaired) electrons. The highest BCUT2D eigenvalue weighted by Gasteiger charge is 2.47. The van der Waals surface area contributed by atoms with Crippen molar-refractivity contribution < 1.29 is 28.0 Å². The maximum atomic E-state index is 13.1. The second kappa shape index (κ2) is 9.02. The largest absolute Gasteiger partial charge is 0.391 e. The van der Waals surface area contributed by atoms with E-state index in [2.05, 4.69) is 12.2 Å². The first-order valence-corrected chi connectivity index (χ1v) is 10.6. The Balaban J connectivity index is 1.76. The number of anilines is 1. The highest BCUT2D eigenvalue weighted by molar-refractivity contribution is 6.00. The van der Waals surface area contributed by atoms with Crippen LogP contribution in [0.25, 0.3) is 0 Å². The molecule has 1 saturated carbocycles. The van der Waals surface area contributed by atoms with Crippen LogP contribution in [0.3, 0.4) is 0 Å². The first-order chi connectivity index (χ1) is 14.5. The molecule has 2 aliphatic rings. The summed E-state index contributed by atoms with van der Waals surface area (Å²) in [5, 5.41) is 24.4. The topological polar surface area (TPSA) is 95.7 Å². The number of carbonyl (C=O) groups is 1. The molecule has 1 aromatic carbocycles. The minimum Gasteiger partial charge on any atom is -0.388 e. The van der Waals surface area contributed by atoms with Crippen molar-refractivity contribution in [3.05, 3.63) is 33.9 Å². The molecule has 0 bridgehead atoms. The summed E-state index contributed by atoms with van der Waals surface area (Å²) in [6.45, 7) is 3.21. The summed E-state index contributed by atoms with van der Waals surface area (Å²) in [5.74, 6) is -1.69. The van der Waals surface area contributed by atoms with Gasteiger partial charge in [0.2, 0.25) is 0 Å². The van der Waals surface area contributed by atoms with E-state index in [0.29, 0.717) is 24.7 Å². The minimum absolute atomic E-state index is 0.0395. The quantitative estimate of drug-likeness (QED) is 0.529. The molecule has 172 valence electrons. The van der Waals surface area contributed by atoms with Gasteiger partial charge in [0.15, 0.2) is 0 Å². The lowest BCUT2D eigenvalue weighted by molar-refractivity contribution is -0.384. The van der Waals surface area contributed by atoms with Gasteiger partial charge in [0.25, 0.3) is 11.6 Å². The molecule has 0 spiro atoms. The third-order valence-corrected chi connectivity index (χ3v) is 6.42. The zero-order chi connectivity index (χ0) is 22.8. The molecule has 7 nitrogen and oxygen atoms in total. The van der Waals surface area contributed by atoms with Gasteiger partial charge in [-0.2, -0.15) is 13.2 Å². The van der Waals surface area contributed by atoms with E-state index in [-0.39, 0.29) is 37.1 Å². The molecule has 1 aliphatic carbocycles. The second-order valence-electron chi connectivity index (χ2n) is 8.87. The molecule has 31 heavy (non-hydrogen) atoms. The van der Waals surface area contributed by atoms with Crippen molar-refractivity contribution in [1.29, 1.82) is 0 Å². The lowest BCUT2D eigenvalue weighted by atomic mass is 9.77.